The highest BCUT2D eigenvalue weighted by Gasteiger charge is 2.41. The predicted molar refractivity (Wildman–Crippen MR) is 113 cm³/mol. The van der Waals surface area contributed by atoms with Gasteiger partial charge in [-0.25, -0.2) is 9.97 Å². The monoisotopic (exact) mass is 509 g/mol. The summed E-state index contributed by atoms with van der Waals surface area (Å²) in [5.74, 6) is -0.661. The first-order valence-electron chi connectivity index (χ1n) is 10.3. The molecule has 2 aromatic rings. The van der Waals surface area contributed by atoms with Gasteiger partial charge in [-0.15, -0.1) is 0 Å². The zero-order valence-corrected chi connectivity index (χ0v) is 19.0. The third kappa shape index (κ3) is 4.86. The van der Waals surface area contributed by atoms with Gasteiger partial charge in [0.1, 0.15) is 5.82 Å². The highest BCUT2D eigenvalue weighted by atomic mass is 35.5. The summed E-state index contributed by atoms with van der Waals surface area (Å²) in [5, 5.41) is 2.63. The van der Waals surface area contributed by atoms with Crippen LogP contribution in [0.3, 0.4) is 0 Å². The molecule has 1 N–H and O–H groups in total. The molecule has 0 radical (unpaired) electrons. The topological polar surface area (TPSA) is 37.8 Å². The molecule has 1 saturated carbocycles. The van der Waals surface area contributed by atoms with E-state index in [1.165, 1.54) is 6.08 Å². The zero-order chi connectivity index (χ0) is 24.3. The largest absolute Gasteiger partial charge is 0.433 e. The number of rotatable bonds is 2. The lowest BCUT2D eigenvalue weighted by Gasteiger charge is -2.28. The second-order valence-corrected chi connectivity index (χ2v) is 9.20. The van der Waals surface area contributed by atoms with Crippen molar-refractivity contribution in [3.63, 3.8) is 0 Å². The molecule has 2 heterocycles. The summed E-state index contributed by atoms with van der Waals surface area (Å²) < 4.78 is 81.2. The minimum absolute atomic E-state index is 0.0272. The van der Waals surface area contributed by atoms with Gasteiger partial charge in [-0.1, -0.05) is 36.2 Å². The Kier molecular flexibility index (Phi) is 6.20. The summed E-state index contributed by atoms with van der Waals surface area (Å²) in [6.45, 7) is 3.33. The predicted octanol–water partition coefficient (Wildman–Crippen LogP) is 7.38. The summed E-state index contributed by atoms with van der Waals surface area (Å²) in [6, 6.07) is 1.06. The molecule has 2 atom stereocenters. The number of nitrogens with zero attached hydrogens (tertiary/aromatic N) is 2. The van der Waals surface area contributed by atoms with E-state index in [1.807, 2.05) is 0 Å². The first-order chi connectivity index (χ1) is 15.3. The Bertz CT molecular complexity index is 1100. The van der Waals surface area contributed by atoms with E-state index in [0.717, 1.165) is 25.0 Å². The maximum Gasteiger partial charge on any atom is 0.433 e. The fourth-order valence-corrected chi connectivity index (χ4v) is 4.76. The van der Waals surface area contributed by atoms with Crippen LogP contribution < -0.4 is 5.32 Å². The minimum Gasteiger partial charge on any atom is -0.305 e. The molecule has 1 aliphatic heterocycles. The Morgan fingerprint density at radius 2 is 1.55 bits per heavy atom. The summed E-state index contributed by atoms with van der Waals surface area (Å²) in [4.78, 5) is 8.29. The first-order valence-corrected chi connectivity index (χ1v) is 11.0. The van der Waals surface area contributed by atoms with Gasteiger partial charge in [0, 0.05) is 35.5 Å². The molecular weight excluding hydrogens is 491 g/mol. The number of alkyl halides is 6. The van der Waals surface area contributed by atoms with Crippen LogP contribution in [0.4, 0.5) is 26.3 Å². The van der Waals surface area contributed by atoms with Crippen LogP contribution in [0.15, 0.2) is 18.2 Å². The van der Waals surface area contributed by atoms with Gasteiger partial charge in [-0.05, 0) is 37.5 Å². The molecule has 1 aromatic carbocycles. The van der Waals surface area contributed by atoms with Gasteiger partial charge in [0.15, 0.2) is 5.69 Å². The van der Waals surface area contributed by atoms with Gasteiger partial charge in [-0.3, -0.25) is 0 Å². The Morgan fingerprint density at radius 1 is 0.939 bits per heavy atom. The number of hydrogen-bond acceptors (Lipinski definition) is 3. The molecule has 2 aliphatic rings. The van der Waals surface area contributed by atoms with Gasteiger partial charge < -0.3 is 5.32 Å². The third-order valence-electron chi connectivity index (χ3n) is 5.84. The molecular formula is C22H19Cl2F6N3. The Hall–Kier alpha value is -1.84. The average molecular weight is 510 g/mol. The highest BCUT2D eigenvalue weighted by molar-refractivity contribution is 6.37. The SMILES string of the molecule is CC1NCc2nc(C3CC3)nc(C(F)(F)F)c2C(C)C=C1c1c(Cl)cc(C(F)(F)F)cc1Cl. The van der Waals surface area contributed by atoms with Crippen LogP contribution in [0.25, 0.3) is 5.57 Å². The van der Waals surface area contributed by atoms with E-state index in [0.29, 0.717) is 5.57 Å². The number of nitrogens with one attached hydrogen (secondary N) is 1. The van der Waals surface area contributed by atoms with Crippen molar-refractivity contribution < 1.29 is 26.3 Å². The van der Waals surface area contributed by atoms with E-state index < -0.39 is 35.6 Å². The first kappa shape index (κ1) is 24.3. The van der Waals surface area contributed by atoms with Gasteiger partial charge in [0.2, 0.25) is 0 Å². The van der Waals surface area contributed by atoms with Crippen molar-refractivity contribution in [2.75, 3.05) is 0 Å². The molecule has 2 unspecified atom stereocenters. The molecule has 1 fully saturated rings. The van der Waals surface area contributed by atoms with Crippen molar-refractivity contribution in [2.45, 2.75) is 63.5 Å². The third-order valence-corrected chi connectivity index (χ3v) is 6.43. The zero-order valence-electron chi connectivity index (χ0n) is 17.5. The average Bonchev–Trinajstić information content (AvgIpc) is 3.53. The van der Waals surface area contributed by atoms with Crippen molar-refractivity contribution in [3.8, 4) is 0 Å². The molecule has 1 aromatic heterocycles. The standard InChI is InChI=1S/C22H19Cl2F6N3/c1-9-5-13(18-14(23)6-12(7-15(18)24)21(25,26)27)10(2)31-8-16-17(9)19(22(28,29)30)33-20(32-16)11-3-4-11/h5-7,9-11,31H,3-4,8H2,1-2H3. The van der Waals surface area contributed by atoms with Crippen molar-refractivity contribution >= 4 is 28.8 Å². The van der Waals surface area contributed by atoms with Gasteiger partial charge in [0.05, 0.1) is 21.3 Å². The smallest absolute Gasteiger partial charge is 0.305 e. The van der Waals surface area contributed by atoms with Crippen LogP contribution in [-0.4, -0.2) is 16.0 Å². The molecule has 178 valence electrons. The molecule has 33 heavy (non-hydrogen) atoms. The molecule has 1 aliphatic carbocycles. The second kappa shape index (κ2) is 8.43. The van der Waals surface area contributed by atoms with E-state index in [4.69, 9.17) is 23.2 Å². The highest BCUT2D eigenvalue weighted by Crippen LogP contribution is 2.44. The van der Waals surface area contributed by atoms with Crippen LogP contribution in [0.1, 0.15) is 72.4 Å². The van der Waals surface area contributed by atoms with Gasteiger partial charge in [0.25, 0.3) is 0 Å². The number of hydrogen-bond donors (Lipinski definition) is 1. The van der Waals surface area contributed by atoms with Crippen LogP contribution in [0.2, 0.25) is 10.0 Å². The Balaban J connectivity index is 1.86. The summed E-state index contributed by atoms with van der Waals surface area (Å²) in [6.07, 6.45) is -6.29. The quantitative estimate of drug-likeness (QED) is 0.429. The Labute approximate surface area is 196 Å². The lowest BCUT2D eigenvalue weighted by atomic mass is 9.88. The van der Waals surface area contributed by atoms with Crippen LogP contribution in [0, 0.1) is 0 Å². The van der Waals surface area contributed by atoms with E-state index >= 15 is 0 Å². The number of fused-ring (bicyclic) bond motifs is 1. The van der Waals surface area contributed by atoms with Gasteiger partial charge in [-0.2, -0.15) is 26.3 Å². The summed E-state index contributed by atoms with van der Waals surface area (Å²) >= 11 is 12.4. The lowest BCUT2D eigenvalue weighted by molar-refractivity contribution is -0.142. The van der Waals surface area contributed by atoms with Crippen molar-refractivity contribution in [1.29, 1.82) is 0 Å². The lowest BCUT2D eigenvalue weighted by Crippen LogP contribution is -2.31. The minimum atomic E-state index is -4.69. The van der Waals surface area contributed by atoms with Crippen LogP contribution >= 0.6 is 23.2 Å². The molecule has 0 amide bonds. The number of allylic oxidation sites excluding steroid dienone is 1. The molecule has 0 spiro atoms. The van der Waals surface area contributed by atoms with Crippen LogP contribution in [-0.2, 0) is 18.9 Å². The fourth-order valence-electron chi connectivity index (χ4n) is 4.06. The number of aromatic nitrogens is 2. The van der Waals surface area contributed by atoms with Crippen LogP contribution in [0.5, 0.6) is 0 Å². The van der Waals surface area contributed by atoms with Gasteiger partial charge >= 0.3 is 12.4 Å². The maximum atomic E-state index is 13.9. The van der Waals surface area contributed by atoms with Crippen molar-refractivity contribution in [3.05, 3.63) is 62.2 Å². The Morgan fingerprint density at radius 3 is 2.06 bits per heavy atom. The molecule has 11 heteroatoms. The van der Waals surface area contributed by atoms with E-state index in [2.05, 4.69) is 15.3 Å². The normalized spacial score (nSPS) is 21.8. The molecule has 0 saturated heterocycles. The van der Waals surface area contributed by atoms with Crippen molar-refractivity contribution in [2.24, 2.45) is 0 Å². The number of halogens is 8. The molecule has 4 rings (SSSR count). The van der Waals surface area contributed by atoms with Crippen molar-refractivity contribution in [1.82, 2.24) is 15.3 Å². The summed E-state index contributed by atoms with van der Waals surface area (Å²) in [7, 11) is 0. The van der Waals surface area contributed by atoms with E-state index in [9.17, 15) is 26.3 Å². The van der Waals surface area contributed by atoms with E-state index in [-0.39, 0.29) is 45.2 Å². The maximum absolute atomic E-state index is 13.9. The molecule has 3 nitrogen and oxygen atoms in total. The second-order valence-electron chi connectivity index (χ2n) is 8.39. The summed E-state index contributed by atoms with van der Waals surface area (Å²) in [5.41, 5.74) is -1.26. The molecule has 0 bridgehead atoms. The fraction of sp³-hybridized carbons (Fsp3) is 0.455. The van der Waals surface area contributed by atoms with E-state index in [1.54, 1.807) is 13.8 Å². The number of benzene rings is 1.